The Labute approximate surface area is 88.1 Å². The maximum absolute atomic E-state index is 11.9. The summed E-state index contributed by atoms with van der Waals surface area (Å²) in [5.41, 5.74) is -0.276. The molecular weight excluding hydrogens is 192 g/mol. The van der Waals surface area contributed by atoms with Crippen LogP contribution in [-0.4, -0.2) is 11.8 Å². The molecule has 0 N–H and O–H groups in total. The fourth-order valence-corrected chi connectivity index (χ4v) is 1.58. The lowest BCUT2D eigenvalue weighted by Gasteiger charge is -2.09. The number of carbonyl (C=O) groups is 2. The zero-order valence-corrected chi connectivity index (χ0v) is 8.69. The normalized spacial score (nSPS) is 24.0. The van der Waals surface area contributed by atoms with Crippen molar-refractivity contribution in [1.82, 2.24) is 0 Å². The van der Waals surface area contributed by atoms with Gasteiger partial charge in [0, 0.05) is 5.56 Å². The molecule has 3 nitrogen and oxygen atoms in total. The number of Topliss-reactive ketones (excluding diaryl/α,β-unsaturated/α-hetero) is 1. The third-order valence-electron chi connectivity index (χ3n) is 2.69. The van der Waals surface area contributed by atoms with Crippen molar-refractivity contribution in [2.45, 2.75) is 20.0 Å². The Bertz CT molecular complexity index is 406. The Morgan fingerprint density at radius 2 is 1.73 bits per heavy atom. The van der Waals surface area contributed by atoms with Gasteiger partial charge in [0.25, 0.3) is 0 Å². The van der Waals surface area contributed by atoms with E-state index in [0.717, 1.165) is 5.56 Å². The zero-order valence-electron chi connectivity index (χ0n) is 8.69. The first-order chi connectivity index (χ1) is 7.03. The van der Waals surface area contributed by atoms with Crippen LogP contribution in [0.5, 0.6) is 0 Å². The van der Waals surface area contributed by atoms with E-state index < -0.39 is 17.5 Å². The lowest BCUT2D eigenvalue weighted by Crippen LogP contribution is -2.26. The van der Waals surface area contributed by atoms with Gasteiger partial charge in [0.05, 0.1) is 0 Å². The number of ether oxygens (including phenoxy) is 1. The van der Waals surface area contributed by atoms with Crippen LogP contribution in [0, 0.1) is 5.41 Å². The Morgan fingerprint density at radius 1 is 1.13 bits per heavy atom. The Hall–Kier alpha value is -1.64. The minimum Gasteiger partial charge on any atom is -0.449 e. The summed E-state index contributed by atoms with van der Waals surface area (Å²) in [7, 11) is 0. The van der Waals surface area contributed by atoms with Crippen LogP contribution >= 0.6 is 0 Å². The minimum atomic E-state index is -1.01. The van der Waals surface area contributed by atoms with Gasteiger partial charge in [0.2, 0.25) is 0 Å². The van der Waals surface area contributed by atoms with Crippen LogP contribution in [0.4, 0.5) is 0 Å². The molecule has 1 fully saturated rings. The SMILES string of the molecule is CC1(C)C(=O)OC(c2ccccc2)C1=O. The highest BCUT2D eigenvalue weighted by Crippen LogP contribution is 2.37. The van der Waals surface area contributed by atoms with Gasteiger partial charge in [-0.1, -0.05) is 30.3 Å². The van der Waals surface area contributed by atoms with E-state index in [1.165, 1.54) is 0 Å². The van der Waals surface area contributed by atoms with Crippen molar-refractivity contribution in [3.63, 3.8) is 0 Å². The number of hydrogen-bond donors (Lipinski definition) is 0. The van der Waals surface area contributed by atoms with Gasteiger partial charge < -0.3 is 4.74 Å². The van der Waals surface area contributed by atoms with Crippen molar-refractivity contribution in [2.75, 3.05) is 0 Å². The van der Waals surface area contributed by atoms with Crippen LogP contribution in [0.2, 0.25) is 0 Å². The number of cyclic esters (lactones) is 1. The predicted molar refractivity (Wildman–Crippen MR) is 54.1 cm³/mol. The van der Waals surface area contributed by atoms with Crippen molar-refractivity contribution < 1.29 is 14.3 Å². The third kappa shape index (κ3) is 1.44. The molecule has 1 heterocycles. The molecule has 0 aromatic heterocycles. The first-order valence-corrected chi connectivity index (χ1v) is 4.84. The van der Waals surface area contributed by atoms with E-state index in [-0.39, 0.29) is 5.78 Å². The molecule has 1 aliphatic heterocycles. The standard InChI is InChI=1S/C12H12O3/c1-12(2)10(13)9(15-11(12)14)8-6-4-3-5-7-8/h3-7,9H,1-2H3. The fourth-order valence-electron chi connectivity index (χ4n) is 1.58. The summed E-state index contributed by atoms with van der Waals surface area (Å²) in [6, 6.07) is 9.08. The lowest BCUT2D eigenvalue weighted by atomic mass is 9.86. The molecule has 0 bridgehead atoms. The summed E-state index contributed by atoms with van der Waals surface area (Å²) >= 11 is 0. The van der Waals surface area contributed by atoms with E-state index in [0.29, 0.717) is 0 Å². The molecule has 1 atom stereocenters. The molecule has 78 valence electrons. The summed E-state index contributed by atoms with van der Waals surface area (Å²) in [5, 5.41) is 0. The second kappa shape index (κ2) is 3.19. The van der Waals surface area contributed by atoms with Crippen molar-refractivity contribution in [1.29, 1.82) is 0 Å². The van der Waals surface area contributed by atoms with Crippen LogP contribution < -0.4 is 0 Å². The van der Waals surface area contributed by atoms with Gasteiger partial charge in [-0.25, -0.2) is 0 Å². The predicted octanol–water partition coefficient (Wildman–Crippen LogP) is 1.88. The molecular formula is C12H12O3. The van der Waals surface area contributed by atoms with Gasteiger partial charge in [-0.3, -0.25) is 9.59 Å². The molecule has 0 amide bonds. The fraction of sp³-hybridized carbons (Fsp3) is 0.333. The third-order valence-corrected chi connectivity index (χ3v) is 2.69. The topological polar surface area (TPSA) is 43.4 Å². The zero-order chi connectivity index (χ0) is 11.1. The Balaban J connectivity index is 2.36. The number of benzene rings is 1. The quantitative estimate of drug-likeness (QED) is 0.518. The Kier molecular flexibility index (Phi) is 2.11. The number of ketones is 1. The van der Waals surface area contributed by atoms with E-state index in [2.05, 4.69) is 0 Å². The average molecular weight is 204 g/mol. The summed E-state index contributed by atoms with van der Waals surface area (Å²) < 4.78 is 5.09. The number of esters is 1. The molecule has 2 rings (SSSR count). The summed E-state index contributed by atoms with van der Waals surface area (Å²) in [6.07, 6.45) is -0.728. The molecule has 1 unspecified atom stereocenters. The molecule has 15 heavy (non-hydrogen) atoms. The highest BCUT2D eigenvalue weighted by Gasteiger charge is 2.50. The first kappa shape index (κ1) is 9.90. The van der Waals surface area contributed by atoms with Crippen molar-refractivity contribution >= 4 is 11.8 Å². The maximum atomic E-state index is 11.9. The van der Waals surface area contributed by atoms with E-state index in [1.54, 1.807) is 26.0 Å². The van der Waals surface area contributed by atoms with Crippen molar-refractivity contribution in [2.24, 2.45) is 5.41 Å². The van der Waals surface area contributed by atoms with Crippen LogP contribution in [0.15, 0.2) is 30.3 Å². The second-order valence-corrected chi connectivity index (χ2v) is 4.19. The highest BCUT2D eigenvalue weighted by molar-refractivity contribution is 6.10. The first-order valence-electron chi connectivity index (χ1n) is 4.84. The molecule has 3 heteroatoms. The molecule has 0 spiro atoms. The molecule has 1 aromatic rings. The van der Waals surface area contributed by atoms with Gasteiger partial charge in [0.1, 0.15) is 5.41 Å². The highest BCUT2D eigenvalue weighted by atomic mass is 16.6. The number of hydrogen-bond acceptors (Lipinski definition) is 3. The van der Waals surface area contributed by atoms with Crippen molar-refractivity contribution in [3.8, 4) is 0 Å². The summed E-state index contributed by atoms with van der Waals surface area (Å²) in [6.45, 7) is 3.20. The monoisotopic (exact) mass is 204 g/mol. The molecule has 1 saturated heterocycles. The number of carbonyl (C=O) groups excluding carboxylic acids is 2. The largest absolute Gasteiger partial charge is 0.449 e. The number of rotatable bonds is 1. The van der Waals surface area contributed by atoms with Crippen LogP contribution in [0.3, 0.4) is 0 Å². The van der Waals surface area contributed by atoms with E-state index in [9.17, 15) is 9.59 Å². The average Bonchev–Trinajstić information content (AvgIpc) is 2.44. The van der Waals surface area contributed by atoms with Gasteiger partial charge >= 0.3 is 5.97 Å². The molecule has 1 aliphatic rings. The molecule has 0 saturated carbocycles. The molecule has 0 aliphatic carbocycles. The van der Waals surface area contributed by atoms with Crippen LogP contribution in [0.25, 0.3) is 0 Å². The van der Waals surface area contributed by atoms with Crippen LogP contribution in [0.1, 0.15) is 25.5 Å². The Morgan fingerprint density at radius 3 is 2.20 bits per heavy atom. The van der Waals surface area contributed by atoms with Crippen molar-refractivity contribution in [3.05, 3.63) is 35.9 Å². The second-order valence-electron chi connectivity index (χ2n) is 4.19. The van der Waals surface area contributed by atoms with E-state index in [1.807, 2.05) is 18.2 Å². The van der Waals surface area contributed by atoms with E-state index in [4.69, 9.17) is 4.74 Å². The molecule has 0 radical (unpaired) electrons. The van der Waals surface area contributed by atoms with Crippen LogP contribution in [-0.2, 0) is 14.3 Å². The van der Waals surface area contributed by atoms with Gasteiger partial charge in [-0.2, -0.15) is 0 Å². The minimum absolute atomic E-state index is 0.168. The van der Waals surface area contributed by atoms with Gasteiger partial charge in [0.15, 0.2) is 11.9 Å². The van der Waals surface area contributed by atoms with E-state index >= 15 is 0 Å². The van der Waals surface area contributed by atoms with Gasteiger partial charge in [-0.05, 0) is 13.8 Å². The van der Waals surface area contributed by atoms with Gasteiger partial charge in [-0.15, -0.1) is 0 Å². The summed E-state index contributed by atoms with van der Waals surface area (Å²) in [5.74, 6) is -0.611. The smallest absolute Gasteiger partial charge is 0.320 e. The molecule has 1 aromatic carbocycles. The lowest BCUT2D eigenvalue weighted by molar-refractivity contribution is -0.147. The maximum Gasteiger partial charge on any atom is 0.320 e. The summed E-state index contributed by atoms with van der Waals surface area (Å²) in [4.78, 5) is 23.3.